The van der Waals surface area contributed by atoms with Crippen molar-refractivity contribution in [3.63, 3.8) is 0 Å². The van der Waals surface area contributed by atoms with Gasteiger partial charge in [-0.05, 0) is 0 Å². The highest BCUT2D eigenvalue weighted by molar-refractivity contribution is 5.76. The van der Waals surface area contributed by atoms with Gasteiger partial charge in [0.15, 0.2) is 0 Å². The molecule has 1 unspecified atom stereocenters. The van der Waals surface area contributed by atoms with Gasteiger partial charge in [-0.25, -0.2) is 10.0 Å². The molecule has 2 N–H and O–H groups in total. The zero-order valence-corrected chi connectivity index (χ0v) is 4.18. The molecule has 1 atom stereocenters. The summed E-state index contributed by atoms with van der Waals surface area (Å²) < 4.78 is 0. The summed E-state index contributed by atoms with van der Waals surface area (Å²) in [5, 5.41) is 32.4. The van der Waals surface area contributed by atoms with Crippen molar-refractivity contribution in [1.29, 1.82) is 5.26 Å². The third-order valence-corrected chi connectivity index (χ3v) is 0.577. The van der Waals surface area contributed by atoms with E-state index in [-0.39, 0.29) is 0 Å². The molecule has 0 rings (SSSR count). The highest BCUT2D eigenvalue weighted by atomic mass is 16.8. The molecular weight excluding hydrogens is 128 g/mol. The molecule has 0 fully saturated rings. The summed E-state index contributed by atoms with van der Waals surface area (Å²) in [4.78, 5) is 9.75. The average molecular weight is 131 g/mol. The van der Waals surface area contributed by atoms with Crippen LogP contribution in [0.4, 0.5) is 0 Å². The van der Waals surface area contributed by atoms with Gasteiger partial charge >= 0.3 is 5.97 Å². The van der Waals surface area contributed by atoms with Gasteiger partial charge in [0.05, 0.1) is 6.07 Å². The lowest BCUT2D eigenvalue weighted by molar-refractivity contribution is -0.152. The molecular formula is C3H3N2O4-. The Hall–Kier alpha value is -1.16. The van der Waals surface area contributed by atoms with Gasteiger partial charge in [-0.2, -0.15) is 5.26 Å². The van der Waals surface area contributed by atoms with Crippen LogP contribution in [0.25, 0.3) is 0 Å². The van der Waals surface area contributed by atoms with E-state index in [1.807, 2.05) is 0 Å². The number of aliphatic carboxylic acids is 1. The van der Waals surface area contributed by atoms with Gasteiger partial charge in [0, 0.05) is 0 Å². The molecule has 0 aromatic heterocycles. The van der Waals surface area contributed by atoms with Crippen LogP contribution >= 0.6 is 0 Å². The molecule has 0 aromatic carbocycles. The van der Waals surface area contributed by atoms with Gasteiger partial charge in [0.1, 0.15) is 0 Å². The molecule has 0 saturated heterocycles. The lowest BCUT2D eigenvalue weighted by Crippen LogP contribution is -2.33. The fraction of sp³-hybridized carbons (Fsp3) is 0.333. The number of hydroxylamine groups is 2. The van der Waals surface area contributed by atoms with E-state index in [0.29, 0.717) is 0 Å². The maximum atomic E-state index is 9.75. The van der Waals surface area contributed by atoms with E-state index in [1.54, 1.807) is 0 Å². The molecule has 0 spiro atoms. The minimum Gasteiger partial charge on any atom is -0.761 e. The first-order valence-corrected chi connectivity index (χ1v) is 1.87. The second kappa shape index (κ2) is 2.99. The summed E-state index contributed by atoms with van der Waals surface area (Å²) in [6, 6.07) is -0.958. The number of nitriles is 1. The van der Waals surface area contributed by atoms with Gasteiger partial charge in [-0.1, -0.05) is 0 Å². The van der Waals surface area contributed by atoms with Crippen LogP contribution in [0.3, 0.4) is 0 Å². The summed E-state index contributed by atoms with van der Waals surface area (Å²) in [7, 11) is 0. The zero-order chi connectivity index (χ0) is 7.44. The Kier molecular flexibility index (Phi) is 2.60. The summed E-state index contributed by atoms with van der Waals surface area (Å²) >= 11 is 0. The Morgan fingerprint density at radius 3 is 2.33 bits per heavy atom. The Balaban J connectivity index is 4.04. The monoisotopic (exact) mass is 131 g/mol. The van der Waals surface area contributed by atoms with Gasteiger partial charge in [0.2, 0.25) is 6.04 Å². The van der Waals surface area contributed by atoms with Crippen LogP contribution in [0.15, 0.2) is 0 Å². The highest BCUT2D eigenvalue weighted by Crippen LogP contribution is 1.89. The van der Waals surface area contributed by atoms with Crippen molar-refractivity contribution in [3.05, 3.63) is 5.21 Å². The van der Waals surface area contributed by atoms with E-state index in [9.17, 15) is 10.0 Å². The van der Waals surface area contributed by atoms with E-state index >= 15 is 0 Å². The third-order valence-electron chi connectivity index (χ3n) is 0.577. The van der Waals surface area contributed by atoms with Crippen molar-refractivity contribution in [2.24, 2.45) is 0 Å². The standard InChI is InChI=1S/C3H3N2O4/c4-1-2(3(6)7)5(8)9/h2,8H,(H,6,7)/q-1. The maximum absolute atomic E-state index is 9.75. The van der Waals surface area contributed by atoms with Gasteiger partial charge in [-0.3, -0.25) is 0 Å². The van der Waals surface area contributed by atoms with E-state index in [4.69, 9.17) is 15.6 Å². The summed E-state index contributed by atoms with van der Waals surface area (Å²) in [6.07, 6.45) is 0. The Bertz CT molecular complexity index is 148. The fourth-order valence-corrected chi connectivity index (χ4v) is 0.199. The maximum Gasteiger partial charge on any atom is 0.336 e. The van der Waals surface area contributed by atoms with Crippen LogP contribution in [0, 0.1) is 16.5 Å². The average Bonchev–Trinajstić information content (AvgIpc) is 1.64. The minimum atomic E-state index is -2.02. The second-order valence-electron chi connectivity index (χ2n) is 1.17. The largest absolute Gasteiger partial charge is 0.761 e. The number of hydrogen-bond donors (Lipinski definition) is 2. The van der Waals surface area contributed by atoms with Crippen molar-refractivity contribution in [2.75, 3.05) is 0 Å². The van der Waals surface area contributed by atoms with Gasteiger partial charge in [0.25, 0.3) is 0 Å². The molecule has 0 aliphatic rings. The van der Waals surface area contributed by atoms with Crippen LogP contribution in [0.1, 0.15) is 0 Å². The minimum absolute atomic E-state index is 0.914. The zero-order valence-electron chi connectivity index (χ0n) is 4.18. The lowest BCUT2D eigenvalue weighted by Gasteiger charge is -2.20. The molecule has 0 aliphatic heterocycles. The van der Waals surface area contributed by atoms with Crippen LogP contribution in [0.5, 0.6) is 0 Å². The lowest BCUT2D eigenvalue weighted by atomic mass is 10.4. The quantitative estimate of drug-likeness (QED) is 0.472. The molecule has 0 bridgehead atoms. The molecule has 0 heterocycles. The first-order valence-electron chi connectivity index (χ1n) is 1.87. The number of hydrogen-bond acceptors (Lipinski definition) is 5. The normalized spacial score (nSPS) is 12.7. The van der Waals surface area contributed by atoms with Crippen molar-refractivity contribution >= 4 is 5.97 Å². The van der Waals surface area contributed by atoms with Gasteiger partial charge < -0.3 is 15.5 Å². The predicted octanol–water partition coefficient (Wildman–Crippen LogP) is -0.848. The first kappa shape index (κ1) is 7.84. The van der Waals surface area contributed by atoms with Crippen LogP contribution in [-0.4, -0.2) is 27.6 Å². The molecule has 0 amide bonds. The molecule has 0 aliphatic carbocycles. The molecule has 0 saturated carbocycles. The second-order valence-corrected chi connectivity index (χ2v) is 1.17. The summed E-state index contributed by atoms with van der Waals surface area (Å²) in [6.45, 7) is 0. The Labute approximate surface area is 50.1 Å². The summed E-state index contributed by atoms with van der Waals surface area (Å²) in [5.41, 5.74) is 0. The van der Waals surface area contributed by atoms with Crippen LogP contribution in [-0.2, 0) is 4.79 Å². The van der Waals surface area contributed by atoms with Crippen molar-refractivity contribution in [3.8, 4) is 6.07 Å². The SMILES string of the molecule is N#CC(C(=O)O)N([O-])O. The molecule has 0 radical (unpaired) electrons. The van der Waals surface area contributed by atoms with E-state index in [1.165, 1.54) is 0 Å². The number of carbonyl (C=O) groups is 1. The van der Waals surface area contributed by atoms with Crippen LogP contribution in [0.2, 0.25) is 0 Å². The van der Waals surface area contributed by atoms with Crippen molar-refractivity contribution < 1.29 is 15.1 Å². The van der Waals surface area contributed by atoms with E-state index in [2.05, 4.69) is 0 Å². The number of rotatable bonds is 2. The molecule has 50 valence electrons. The summed E-state index contributed by atoms with van der Waals surface area (Å²) in [5.74, 6) is -1.67. The number of nitrogens with zero attached hydrogens (tertiary/aromatic N) is 2. The molecule has 0 aromatic rings. The van der Waals surface area contributed by atoms with Crippen molar-refractivity contribution in [2.45, 2.75) is 6.04 Å². The van der Waals surface area contributed by atoms with E-state index in [0.717, 1.165) is 6.07 Å². The topological polar surface area (TPSA) is 108 Å². The van der Waals surface area contributed by atoms with Crippen molar-refractivity contribution in [1.82, 2.24) is 5.23 Å². The highest BCUT2D eigenvalue weighted by Gasteiger charge is 2.16. The fourth-order valence-electron chi connectivity index (χ4n) is 0.199. The van der Waals surface area contributed by atoms with Gasteiger partial charge in [-0.15, -0.1) is 0 Å². The Morgan fingerprint density at radius 1 is 1.89 bits per heavy atom. The van der Waals surface area contributed by atoms with E-state index < -0.39 is 17.2 Å². The number of carboxylic acid groups (broad SMARTS) is 1. The molecule has 6 nitrogen and oxygen atoms in total. The predicted molar refractivity (Wildman–Crippen MR) is 24.0 cm³/mol. The molecule has 9 heavy (non-hydrogen) atoms. The first-order chi connectivity index (χ1) is 4.09. The smallest absolute Gasteiger partial charge is 0.336 e. The number of carboxylic acids is 1. The Morgan fingerprint density at radius 2 is 2.33 bits per heavy atom. The molecule has 6 heteroatoms. The van der Waals surface area contributed by atoms with Crippen LogP contribution < -0.4 is 0 Å². The third kappa shape index (κ3) is 2.05.